The van der Waals surface area contributed by atoms with Gasteiger partial charge in [0.05, 0.1) is 17.8 Å². The molecular formula is C23H22N6O. The fraction of sp³-hybridized carbons (Fsp3) is 0.217. The average Bonchev–Trinajstić information content (AvgIpc) is 3.25. The molecule has 0 radical (unpaired) electrons. The van der Waals surface area contributed by atoms with Crippen LogP contribution in [-0.4, -0.2) is 38.3 Å². The monoisotopic (exact) mass is 398 g/mol. The predicted octanol–water partition coefficient (Wildman–Crippen LogP) is 2.49. The van der Waals surface area contributed by atoms with Crippen LogP contribution in [-0.2, 0) is 17.8 Å². The highest BCUT2D eigenvalue weighted by Crippen LogP contribution is 2.37. The second-order valence-corrected chi connectivity index (χ2v) is 7.76. The number of anilines is 1. The van der Waals surface area contributed by atoms with E-state index in [1.807, 2.05) is 47.1 Å². The molecule has 30 heavy (non-hydrogen) atoms. The Balaban J connectivity index is 1.37. The number of nitrogens with zero attached hydrogens (tertiary/aromatic N) is 5. The lowest BCUT2D eigenvalue weighted by Crippen LogP contribution is -2.64. The molecule has 4 heterocycles. The van der Waals surface area contributed by atoms with Gasteiger partial charge in [0.15, 0.2) is 5.65 Å². The summed E-state index contributed by atoms with van der Waals surface area (Å²) >= 11 is 0. The van der Waals surface area contributed by atoms with E-state index in [4.69, 9.17) is 0 Å². The molecule has 1 aliphatic heterocycles. The summed E-state index contributed by atoms with van der Waals surface area (Å²) < 4.78 is 2.01. The number of fused-ring (bicyclic) bond motifs is 1. The molecule has 1 aromatic carbocycles. The first kappa shape index (κ1) is 18.3. The maximum atomic E-state index is 13.3. The van der Waals surface area contributed by atoms with Crippen LogP contribution in [0.3, 0.4) is 0 Å². The molecule has 4 aromatic rings. The number of hydrogen-bond donors (Lipinski definition) is 1. The Morgan fingerprint density at radius 3 is 2.60 bits per heavy atom. The summed E-state index contributed by atoms with van der Waals surface area (Å²) in [5, 5.41) is 3.13. The molecule has 1 amide bonds. The number of benzene rings is 1. The third-order valence-corrected chi connectivity index (χ3v) is 5.65. The van der Waals surface area contributed by atoms with Crippen LogP contribution in [0.2, 0.25) is 0 Å². The molecule has 1 fully saturated rings. The minimum atomic E-state index is -0.494. The molecule has 5 rings (SSSR count). The van der Waals surface area contributed by atoms with Gasteiger partial charge in [-0.05, 0) is 23.6 Å². The van der Waals surface area contributed by atoms with Crippen LogP contribution in [0.5, 0.6) is 0 Å². The van der Waals surface area contributed by atoms with Gasteiger partial charge in [-0.25, -0.2) is 4.98 Å². The van der Waals surface area contributed by atoms with Crippen molar-refractivity contribution in [3.05, 3.63) is 90.8 Å². The second-order valence-electron chi connectivity index (χ2n) is 7.76. The number of carbonyl (C=O) groups is 1. The molecule has 0 bridgehead atoms. The predicted molar refractivity (Wildman–Crippen MR) is 114 cm³/mol. The highest BCUT2D eigenvalue weighted by atomic mass is 16.2. The van der Waals surface area contributed by atoms with Crippen LogP contribution in [0, 0.1) is 5.41 Å². The topological polar surface area (TPSA) is 75.4 Å². The van der Waals surface area contributed by atoms with Gasteiger partial charge in [-0.3, -0.25) is 19.2 Å². The van der Waals surface area contributed by atoms with Gasteiger partial charge in [-0.15, -0.1) is 0 Å². The molecule has 0 unspecified atom stereocenters. The Hall–Kier alpha value is -3.74. The Morgan fingerprint density at radius 2 is 1.80 bits per heavy atom. The van der Waals surface area contributed by atoms with E-state index >= 15 is 0 Å². The van der Waals surface area contributed by atoms with Crippen LogP contribution in [0.1, 0.15) is 11.1 Å². The van der Waals surface area contributed by atoms with Crippen LogP contribution in [0.15, 0.2) is 79.6 Å². The molecular weight excluding hydrogens is 376 g/mol. The maximum absolute atomic E-state index is 13.3. The smallest absolute Gasteiger partial charge is 0.230 e. The molecule has 3 aromatic heterocycles. The van der Waals surface area contributed by atoms with E-state index in [-0.39, 0.29) is 5.91 Å². The van der Waals surface area contributed by atoms with Crippen LogP contribution >= 0.6 is 0 Å². The first-order valence-electron chi connectivity index (χ1n) is 9.97. The third kappa shape index (κ3) is 3.39. The van der Waals surface area contributed by atoms with Gasteiger partial charge in [0.25, 0.3) is 0 Å². The SMILES string of the molecule is O=C(NCc1cccnc1)C1(Cc2ccccc2)CN(c2cncc3nccn23)C1. The molecule has 1 saturated heterocycles. The summed E-state index contributed by atoms with van der Waals surface area (Å²) in [6.45, 7) is 1.72. The molecule has 150 valence electrons. The summed E-state index contributed by atoms with van der Waals surface area (Å²) in [7, 11) is 0. The lowest BCUT2D eigenvalue weighted by atomic mass is 9.73. The van der Waals surface area contributed by atoms with Gasteiger partial charge in [0, 0.05) is 44.4 Å². The molecule has 1 aliphatic rings. The quantitative estimate of drug-likeness (QED) is 0.540. The van der Waals surface area contributed by atoms with E-state index in [0.29, 0.717) is 26.1 Å². The molecule has 7 heteroatoms. The zero-order valence-electron chi connectivity index (χ0n) is 16.5. The molecule has 0 aliphatic carbocycles. The standard InChI is InChI=1S/C23H22N6O/c30-22(27-13-19-7-4-8-24-12-19)23(11-18-5-2-1-3-6-18)16-28(17-23)21-15-25-14-20-26-9-10-29(20)21/h1-10,12,14-15H,11,13,16-17H2,(H,27,30). The van der Waals surface area contributed by atoms with Gasteiger partial charge in [-0.1, -0.05) is 36.4 Å². The summed E-state index contributed by atoms with van der Waals surface area (Å²) in [5.41, 5.74) is 2.46. The fourth-order valence-electron chi connectivity index (χ4n) is 4.11. The van der Waals surface area contributed by atoms with E-state index in [2.05, 4.69) is 37.3 Å². The minimum Gasteiger partial charge on any atom is -0.354 e. The lowest BCUT2D eigenvalue weighted by Gasteiger charge is -2.50. The number of aromatic nitrogens is 4. The van der Waals surface area contributed by atoms with Crippen molar-refractivity contribution in [1.82, 2.24) is 24.7 Å². The normalized spacial score (nSPS) is 15.0. The Morgan fingerprint density at radius 1 is 0.967 bits per heavy atom. The van der Waals surface area contributed by atoms with Crippen molar-refractivity contribution in [3.8, 4) is 0 Å². The Labute approximate surface area is 174 Å². The van der Waals surface area contributed by atoms with Crippen molar-refractivity contribution in [2.24, 2.45) is 5.41 Å². The van der Waals surface area contributed by atoms with E-state index < -0.39 is 5.41 Å². The van der Waals surface area contributed by atoms with Crippen LogP contribution in [0.25, 0.3) is 5.65 Å². The van der Waals surface area contributed by atoms with E-state index in [1.165, 1.54) is 0 Å². The largest absolute Gasteiger partial charge is 0.354 e. The highest BCUT2D eigenvalue weighted by Gasteiger charge is 2.49. The molecule has 0 spiro atoms. The fourth-order valence-corrected chi connectivity index (χ4v) is 4.11. The van der Waals surface area contributed by atoms with E-state index in [9.17, 15) is 4.79 Å². The zero-order chi connectivity index (χ0) is 20.4. The van der Waals surface area contributed by atoms with E-state index in [1.54, 1.807) is 24.8 Å². The van der Waals surface area contributed by atoms with E-state index in [0.717, 1.165) is 22.6 Å². The van der Waals surface area contributed by atoms with Crippen LogP contribution in [0.4, 0.5) is 5.82 Å². The second kappa shape index (κ2) is 7.59. The number of rotatable bonds is 6. The van der Waals surface area contributed by atoms with Crippen molar-refractivity contribution in [3.63, 3.8) is 0 Å². The third-order valence-electron chi connectivity index (χ3n) is 5.65. The van der Waals surface area contributed by atoms with Gasteiger partial charge in [-0.2, -0.15) is 0 Å². The highest BCUT2D eigenvalue weighted by molar-refractivity contribution is 5.86. The lowest BCUT2D eigenvalue weighted by molar-refractivity contribution is -0.132. The molecule has 1 N–H and O–H groups in total. The summed E-state index contributed by atoms with van der Waals surface area (Å²) in [6, 6.07) is 14.0. The number of nitrogens with one attached hydrogen (secondary N) is 1. The average molecular weight is 398 g/mol. The maximum Gasteiger partial charge on any atom is 0.230 e. The van der Waals surface area contributed by atoms with Crippen molar-refractivity contribution < 1.29 is 4.79 Å². The Bertz CT molecular complexity index is 1150. The van der Waals surface area contributed by atoms with Crippen molar-refractivity contribution in [1.29, 1.82) is 0 Å². The number of pyridine rings is 1. The first-order valence-corrected chi connectivity index (χ1v) is 9.97. The van der Waals surface area contributed by atoms with Crippen molar-refractivity contribution in [2.45, 2.75) is 13.0 Å². The molecule has 7 nitrogen and oxygen atoms in total. The number of amides is 1. The zero-order valence-corrected chi connectivity index (χ0v) is 16.5. The summed E-state index contributed by atoms with van der Waals surface area (Å²) in [6.07, 6.45) is 11.5. The van der Waals surface area contributed by atoms with Gasteiger partial charge in [0.2, 0.25) is 5.91 Å². The van der Waals surface area contributed by atoms with Gasteiger partial charge < -0.3 is 10.2 Å². The van der Waals surface area contributed by atoms with Crippen molar-refractivity contribution in [2.75, 3.05) is 18.0 Å². The van der Waals surface area contributed by atoms with Gasteiger partial charge >= 0.3 is 0 Å². The summed E-state index contributed by atoms with van der Waals surface area (Å²) in [4.78, 5) is 28.3. The molecule has 0 atom stereocenters. The van der Waals surface area contributed by atoms with Crippen LogP contribution < -0.4 is 10.2 Å². The molecule has 0 saturated carbocycles. The van der Waals surface area contributed by atoms with Crippen molar-refractivity contribution >= 4 is 17.4 Å². The van der Waals surface area contributed by atoms with Gasteiger partial charge in [0.1, 0.15) is 5.82 Å². The minimum absolute atomic E-state index is 0.0669. The number of imidazole rings is 1. The Kier molecular flexibility index (Phi) is 4.63. The first-order chi connectivity index (χ1) is 14.7. The number of carbonyl (C=O) groups excluding carboxylic acids is 1. The number of hydrogen-bond acceptors (Lipinski definition) is 5. The summed E-state index contributed by atoms with van der Waals surface area (Å²) in [5.74, 6) is 1.02.